The van der Waals surface area contributed by atoms with Crippen LogP contribution in [0.25, 0.3) is 16.9 Å². The van der Waals surface area contributed by atoms with E-state index in [1.807, 2.05) is 60.7 Å². The van der Waals surface area contributed by atoms with Crippen molar-refractivity contribution >= 4 is 69.3 Å². The van der Waals surface area contributed by atoms with Gasteiger partial charge in [0.05, 0.1) is 23.3 Å². The molecule has 0 amide bonds. The van der Waals surface area contributed by atoms with Gasteiger partial charge in [0.15, 0.2) is 16.9 Å². The topological polar surface area (TPSA) is 249 Å². The molecule has 12 rings (SSSR count). The number of aromatic nitrogens is 12. The van der Waals surface area contributed by atoms with Crippen LogP contribution in [0.4, 0.5) is 56.8 Å². The summed E-state index contributed by atoms with van der Waals surface area (Å²) in [6.45, 7) is 0. The van der Waals surface area contributed by atoms with Crippen molar-refractivity contribution in [3.8, 4) is 12.1 Å². The second-order valence-electron chi connectivity index (χ2n) is 15.6. The molecule has 20 nitrogen and oxygen atoms in total. The lowest BCUT2D eigenvalue weighted by molar-refractivity contribution is 0.628. The normalized spacial score (nSPS) is 14.0. The van der Waals surface area contributed by atoms with Crippen LogP contribution in [0.3, 0.4) is 0 Å². The minimum atomic E-state index is -0.308. The molecule has 3 aliphatic carbocycles. The molecule has 0 bridgehead atoms. The van der Waals surface area contributed by atoms with Gasteiger partial charge in [-0.05, 0) is 136 Å². The van der Waals surface area contributed by atoms with Crippen LogP contribution in [0, 0.1) is 28.5 Å². The van der Waals surface area contributed by atoms with E-state index in [4.69, 9.17) is 10.5 Å². The standard InChI is InChI=1S/2C15H13N7.C14H13FN6/c16-9-10-1-3-12(4-2-10)18-15-20-19-14-8-7-13(21-22(14)15)17-11-5-6-11;16-9-10-2-1-3-12(8-10)18-15-20-19-14-7-6-13(21-22(14)15)17-11-4-5-11;15-9-2-1-3-11(8-9)17-14-19-18-13-7-6-12(20-21(13)14)16-10-4-5-10/h1-4,7-8,11H,5-6H2,(H,17,21)(H,18,20);1-3,6-8,11H,4-5H2,(H,17,21)(H,18,20);1-3,6-8,10H,4-5H2,(H,16,20)(H,17,19). The fourth-order valence-electron chi connectivity index (χ4n) is 6.39. The Hall–Kier alpha value is -8.98. The molecule has 0 unspecified atom stereocenters. The number of nitriles is 2. The van der Waals surface area contributed by atoms with E-state index in [1.54, 1.807) is 49.9 Å². The molecule has 65 heavy (non-hydrogen) atoms. The molecule has 322 valence electrons. The van der Waals surface area contributed by atoms with Crippen LogP contribution in [0.15, 0.2) is 109 Å². The Morgan fingerprint density at radius 2 is 0.862 bits per heavy atom. The first kappa shape index (κ1) is 40.1. The van der Waals surface area contributed by atoms with Crippen LogP contribution >= 0.6 is 0 Å². The summed E-state index contributed by atoms with van der Waals surface area (Å²) in [5.41, 5.74) is 5.39. The molecule has 3 aromatic carbocycles. The molecule has 0 radical (unpaired) electrons. The molecule has 3 aliphatic rings. The third kappa shape index (κ3) is 10.1. The molecule has 6 N–H and O–H groups in total. The van der Waals surface area contributed by atoms with E-state index in [0.29, 0.717) is 69.7 Å². The minimum absolute atomic E-state index is 0.308. The van der Waals surface area contributed by atoms with Gasteiger partial charge in [-0.1, -0.05) is 12.1 Å². The number of rotatable bonds is 12. The smallest absolute Gasteiger partial charge is 0.250 e. The zero-order valence-corrected chi connectivity index (χ0v) is 34.5. The van der Waals surface area contributed by atoms with Gasteiger partial charge in [0.1, 0.15) is 23.3 Å². The number of benzene rings is 3. The van der Waals surface area contributed by atoms with Gasteiger partial charge in [0.2, 0.25) is 0 Å². The summed E-state index contributed by atoms with van der Waals surface area (Å²) in [5.74, 6) is 3.62. The van der Waals surface area contributed by atoms with Gasteiger partial charge in [-0.3, -0.25) is 0 Å². The second-order valence-corrected chi connectivity index (χ2v) is 15.6. The fourth-order valence-corrected chi connectivity index (χ4v) is 6.39. The molecule has 0 spiro atoms. The molecule has 0 saturated heterocycles. The molecule has 21 heteroatoms. The second kappa shape index (κ2) is 17.8. The predicted molar refractivity (Wildman–Crippen MR) is 241 cm³/mol. The quantitative estimate of drug-likeness (QED) is 0.0710. The van der Waals surface area contributed by atoms with E-state index in [0.717, 1.165) is 28.8 Å². The van der Waals surface area contributed by atoms with Crippen molar-refractivity contribution in [3.63, 3.8) is 0 Å². The fraction of sp³-hybridized carbons (Fsp3) is 0.205. The van der Waals surface area contributed by atoms with Crippen LogP contribution in [-0.4, -0.2) is 77.6 Å². The lowest BCUT2D eigenvalue weighted by atomic mass is 10.2. The van der Waals surface area contributed by atoms with Gasteiger partial charge in [-0.25, -0.2) is 4.39 Å². The van der Waals surface area contributed by atoms with Crippen LogP contribution in [-0.2, 0) is 0 Å². The van der Waals surface area contributed by atoms with Crippen molar-refractivity contribution in [1.29, 1.82) is 10.5 Å². The maximum Gasteiger partial charge on any atom is 0.250 e. The van der Waals surface area contributed by atoms with Crippen molar-refractivity contribution in [2.75, 3.05) is 31.9 Å². The summed E-state index contributed by atoms with van der Waals surface area (Å²) in [4.78, 5) is 0. The number of hydrogen-bond acceptors (Lipinski definition) is 17. The number of fused-ring (bicyclic) bond motifs is 3. The summed E-state index contributed by atoms with van der Waals surface area (Å²) in [6, 6.07) is 37.6. The van der Waals surface area contributed by atoms with E-state index >= 15 is 0 Å². The highest BCUT2D eigenvalue weighted by atomic mass is 19.1. The molecular weight excluding hydrogens is 828 g/mol. The van der Waals surface area contributed by atoms with Gasteiger partial charge >= 0.3 is 0 Å². The van der Waals surface area contributed by atoms with Crippen molar-refractivity contribution in [3.05, 3.63) is 126 Å². The summed E-state index contributed by atoms with van der Waals surface area (Å²) >= 11 is 0. The van der Waals surface area contributed by atoms with Gasteiger partial charge < -0.3 is 31.9 Å². The molecule has 0 atom stereocenters. The Morgan fingerprint density at radius 3 is 1.28 bits per heavy atom. The molecular formula is C44H39FN20. The molecule has 0 aliphatic heterocycles. The third-order valence-electron chi connectivity index (χ3n) is 10.2. The Balaban J connectivity index is 0.000000115. The summed E-state index contributed by atoms with van der Waals surface area (Å²) in [7, 11) is 0. The van der Waals surface area contributed by atoms with Gasteiger partial charge in [0.25, 0.3) is 17.8 Å². The molecule has 9 aromatic rings. The van der Waals surface area contributed by atoms with Crippen LogP contribution in [0.1, 0.15) is 49.7 Å². The van der Waals surface area contributed by atoms with Crippen molar-refractivity contribution < 1.29 is 4.39 Å². The average molecular weight is 867 g/mol. The van der Waals surface area contributed by atoms with Crippen molar-refractivity contribution in [2.24, 2.45) is 0 Å². The molecule has 3 saturated carbocycles. The number of halogens is 1. The van der Waals surface area contributed by atoms with E-state index in [1.165, 1.54) is 50.7 Å². The van der Waals surface area contributed by atoms with E-state index < -0.39 is 0 Å². The lowest BCUT2D eigenvalue weighted by Gasteiger charge is -2.06. The Bertz CT molecular complexity index is 3210. The van der Waals surface area contributed by atoms with Crippen LogP contribution < -0.4 is 31.9 Å². The lowest BCUT2D eigenvalue weighted by Crippen LogP contribution is -2.07. The highest BCUT2D eigenvalue weighted by Crippen LogP contribution is 2.27. The highest BCUT2D eigenvalue weighted by Gasteiger charge is 2.23. The summed E-state index contributed by atoms with van der Waals surface area (Å²) in [5, 5.41) is 75.1. The summed E-state index contributed by atoms with van der Waals surface area (Å²) < 4.78 is 18.1. The Kier molecular flexibility index (Phi) is 11.0. The zero-order chi connectivity index (χ0) is 44.1. The summed E-state index contributed by atoms with van der Waals surface area (Å²) in [6.07, 6.45) is 7.12. The van der Waals surface area contributed by atoms with Gasteiger partial charge in [-0.15, -0.1) is 45.9 Å². The van der Waals surface area contributed by atoms with E-state index in [2.05, 4.69) is 89.9 Å². The van der Waals surface area contributed by atoms with E-state index in [-0.39, 0.29) is 5.82 Å². The van der Waals surface area contributed by atoms with E-state index in [9.17, 15) is 4.39 Å². The maximum absolute atomic E-state index is 13.2. The first-order valence-corrected chi connectivity index (χ1v) is 21.0. The SMILES string of the molecule is Fc1cccc(Nc2nnc3ccc(NC4CC4)nn23)c1.N#Cc1ccc(Nc2nnc3ccc(NC4CC4)nn23)cc1.N#Cc1cccc(Nc2nnc3ccc(NC4CC4)nn23)c1. The van der Waals surface area contributed by atoms with Crippen LogP contribution in [0.2, 0.25) is 0 Å². The number of anilines is 9. The monoisotopic (exact) mass is 866 g/mol. The molecule has 6 heterocycles. The largest absolute Gasteiger partial charge is 0.366 e. The first-order chi connectivity index (χ1) is 31.9. The zero-order valence-electron chi connectivity index (χ0n) is 34.5. The number of hydrogen-bond donors (Lipinski definition) is 6. The molecule has 6 aromatic heterocycles. The average Bonchev–Trinajstić information content (AvgIpc) is 4.30. The van der Waals surface area contributed by atoms with Crippen LogP contribution in [0.5, 0.6) is 0 Å². The highest BCUT2D eigenvalue weighted by molar-refractivity contribution is 5.61. The maximum atomic E-state index is 13.2. The predicted octanol–water partition coefficient (Wildman–Crippen LogP) is 7.21. The minimum Gasteiger partial charge on any atom is -0.366 e. The Morgan fingerprint density at radius 1 is 0.446 bits per heavy atom. The van der Waals surface area contributed by atoms with Gasteiger partial charge in [0, 0.05) is 35.2 Å². The first-order valence-electron chi connectivity index (χ1n) is 21.0. The third-order valence-corrected chi connectivity index (χ3v) is 10.2. The number of nitrogens with zero attached hydrogens (tertiary/aromatic N) is 14. The van der Waals surface area contributed by atoms with Gasteiger partial charge in [-0.2, -0.15) is 24.1 Å². The Labute approximate surface area is 369 Å². The van der Waals surface area contributed by atoms with Crippen molar-refractivity contribution in [1.82, 2.24) is 59.4 Å². The number of nitrogens with one attached hydrogen (secondary N) is 6. The van der Waals surface area contributed by atoms with Crippen molar-refractivity contribution in [2.45, 2.75) is 56.7 Å². The molecule has 3 fully saturated rings.